The van der Waals surface area contributed by atoms with E-state index in [1.165, 1.54) is 32.2 Å². The molecule has 2 fully saturated rings. The van der Waals surface area contributed by atoms with E-state index in [4.69, 9.17) is 4.74 Å². The zero-order chi connectivity index (χ0) is 10.5. The fourth-order valence-electron chi connectivity index (χ4n) is 2.72. The minimum Gasteiger partial charge on any atom is -0.379 e. The van der Waals surface area contributed by atoms with E-state index < -0.39 is 0 Å². The lowest BCUT2D eigenvalue weighted by atomic mass is 9.82. The van der Waals surface area contributed by atoms with Crippen LogP contribution in [-0.4, -0.2) is 37.9 Å². The summed E-state index contributed by atoms with van der Waals surface area (Å²) in [7, 11) is 0. The molecule has 15 heavy (non-hydrogen) atoms. The average molecular weight is 212 g/mol. The molecule has 2 unspecified atom stereocenters. The van der Waals surface area contributed by atoms with Gasteiger partial charge in [-0.25, -0.2) is 5.01 Å². The van der Waals surface area contributed by atoms with Crippen molar-refractivity contribution < 1.29 is 4.74 Å². The highest BCUT2D eigenvalue weighted by atomic mass is 16.5. The molecular weight excluding hydrogens is 188 g/mol. The van der Waals surface area contributed by atoms with Crippen LogP contribution in [0.3, 0.4) is 0 Å². The molecule has 2 aliphatic rings. The Balaban J connectivity index is 1.63. The van der Waals surface area contributed by atoms with Gasteiger partial charge >= 0.3 is 0 Å². The molecule has 1 N–H and O–H groups in total. The van der Waals surface area contributed by atoms with Crippen molar-refractivity contribution in [3.63, 3.8) is 0 Å². The van der Waals surface area contributed by atoms with Gasteiger partial charge in [0.05, 0.1) is 13.2 Å². The molecule has 3 nitrogen and oxygen atoms in total. The van der Waals surface area contributed by atoms with E-state index in [-0.39, 0.29) is 0 Å². The van der Waals surface area contributed by atoms with Gasteiger partial charge < -0.3 is 4.74 Å². The van der Waals surface area contributed by atoms with E-state index >= 15 is 0 Å². The number of hydrogen-bond acceptors (Lipinski definition) is 3. The molecule has 0 amide bonds. The molecule has 1 saturated heterocycles. The number of hydrogen-bond donors (Lipinski definition) is 1. The van der Waals surface area contributed by atoms with Gasteiger partial charge in [0.25, 0.3) is 0 Å². The van der Waals surface area contributed by atoms with E-state index in [9.17, 15) is 0 Å². The zero-order valence-electron chi connectivity index (χ0n) is 9.87. The first-order valence-corrected chi connectivity index (χ1v) is 6.41. The van der Waals surface area contributed by atoms with Crippen LogP contribution in [0.1, 0.15) is 32.6 Å². The molecule has 2 rings (SSSR count). The highest BCUT2D eigenvalue weighted by Crippen LogP contribution is 2.27. The van der Waals surface area contributed by atoms with Crippen molar-refractivity contribution in [2.24, 2.45) is 11.8 Å². The van der Waals surface area contributed by atoms with Crippen molar-refractivity contribution in [2.45, 2.75) is 32.6 Å². The molecule has 88 valence electrons. The van der Waals surface area contributed by atoms with E-state index in [0.717, 1.165) is 38.1 Å². The van der Waals surface area contributed by atoms with E-state index in [2.05, 4.69) is 17.4 Å². The first-order valence-electron chi connectivity index (χ1n) is 6.41. The second-order valence-electron chi connectivity index (χ2n) is 5.10. The molecule has 0 aromatic rings. The van der Waals surface area contributed by atoms with Gasteiger partial charge in [0.1, 0.15) is 0 Å². The molecular formula is C12H24N2O. The fraction of sp³-hybridized carbons (Fsp3) is 1.00. The number of nitrogens with one attached hydrogen (secondary N) is 1. The van der Waals surface area contributed by atoms with Crippen LogP contribution in [0.4, 0.5) is 0 Å². The summed E-state index contributed by atoms with van der Waals surface area (Å²) in [6, 6.07) is 0. The standard InChI is InChI=1S/C12H24N2O/c1-11-3-2-4-12(9-11)10-13-14-5-7-15-8-6-14/h11-13H,2-10H2,1H3. The summed E-state index contributed by atoms with van der Waals surface area (Å²) < 4.78 is 5.33. The minimum atomic E-state index is 0.883. The second-order valence-corrected chi connectivity index (χ2v) is 5.10. The molecule has 3 heteroatoms. The summed E-state index contributed by atoms with van der Waals surface area (Å²) in [5, 5.41) is 2.32. The Morgan fingerprint density at radius 3 is 2.80 bits per heavy atom. The Kier molecular flexibility index (Phi) is 4.42. The predicted molar refractivity (Wildman–Crippen MR) is 61.5 cm³/mol. The summed E-state index contributed by atoms with van der Waals surface area (Å²) >= 11 is 0. The van der Waals surface area contributed by atoms with Gasteiger partial charge in [0.15, 0.2) is 0 Å². The number of rotatable bonds is 3. The minimum absolute atomic E-state index is 0.883. The van der Waals surface area contributed by atoms with Gasteiger partial charge in [-0.05, 0) is 24.7 Å². The van der Waals surface area contributed by atoms with E-state index in [1.807, 2.05) is 0 Å². The maximum absolute atomic E-state index is 5.33. The molecule has 1 aliphatic carbocycles. The summed E-state index contributed by atoms with van der Waals surface area (Å²) in [4.78, 5) is 0. The number of nitrogens with zero attached hydrogens (tertiary/aromatic N) is 1. The lowest BCUT2D eigenvalue weighted by molar-refractivity contribution is 0.00765. The maximum Gasteiger partial charge on any atom is 0.0608 e. The quantitative estimate of drug-likeness (QED) is 0.770. The Morgan fingerprint density at radius 1 is 1.27 bits per heavy atom. The number of hydrazine groups is 1. The monoisotopic (exact) mass is 212 g/mol. The average Bonchev–Trinajstić information content (AvgIpc) is 2.28. The summed E-state index contributed by atoms with van der Waals surface area (Å²) in [6.07, 6.45) is 5.70. The first kappa shape index (κ1) is 11.4. The van der Waals surface area contributed by atoms with Crippen LogP contribution in [0.25, 0.3) is 0 Å². The topological polar surface area (TPSA) is 24.5 Å². The smallest absolute Gasteiger partial charge is 0.0608 e. The maximum atomic E-state index is 5.33. The second kappa shape index (κ2) is 5.83. The van der Waals surface area contributed by atoms with Gasteiger partial charge in [-0.15, -0.1) is 0 Å². The third-order valence-electron chi connectivity index (χ3n) is 3.66. The van der Waals surface area contributed by atoms with Crippen molar-refractivity contribution in [1.82, 2.24) is 10.4 Å². The summed E-state index contributed by atoms with van der Waals surface area (Å²) in [5.74, 6) is 1.84. The van der Waals surface area contributed by atoms with Gasteiger partial charge in [0, 0.05) is 19.6 Å². The Hall–Kier alpha value is -0.120. The van der Waals surface area contributed by atoms with Gasteiger partial charge in [-0.1, -0.05) is 19.8 Å². The largest absolute Gasteiger partial charge is 0.379 e. The SMILES string of the molecule is CC1CCCC(CNN2CCOCC2)C1. The highest BCUT2D eigenvalue weighted by Gasteiger charge is 2.19. The molecule has 0 aromatic carbocycles. The Labute approximate surface area is 93.1 Å². The van der Waals surface area contributed by atoms with E-state index in [1.54, 1.807) is 0 Å². The van der Waals surface area contributed by atoms with Crippen molar-refractivity contribution >= 4 is 0 Å². The summed E-state index contributed by atoms with van der Waals surface area (Å²) in [6.45, 7) is 7.41. The lowest BCUT2D eigenvalue weighted by Gasteiger charge is -2.32. The molecule has 0 spiro atoms. The van der Waals surface area contributed by atoms with Gasteiger partial charge in [-0.2, -0.15) is 0 Å². The predicted octanol–water partition coefficient (Wildman–Crippen LogP) is 1.65. The molecule has 0 aromatic heterocycles. The molecule has 2 atom stereocenters. The van der Waals surface area contributed by atoms with Gasteiger partial charge in [-0.3, -0.25) is 5.43 Å². The first-order chi connectivity index (χ1) is 7.34. The third-order valence-corrected chi connectivity index (χ3v) is 3.66. The van der Waals surface area contributed by atoms with Crippen molar-refractivity contribution in [1.29, 1.82) is 0 Å². The van der Waals surface area contributed by atoms with Crippen molar-refractivity contribution in [3.05, 3.63) is 0 Å². The molecule has 0 radical (unpaired) electrons. The Morgan fingerprint density at radius 2 is 2.07 bits per heavy atom. The summed E-state index contributed by atoms with van der Waals surface area (Å²) in [5.41, 5.74) is 3.57. The van der Waals surface area contributed by atoms with Crippen LogP contribution in [-0.2, 0) is 4.74 Å². The third kappa shape index (κ3) is 3.74. The molecule has 1 aliphatic heterocycles. The van der Waals surface area contributed by atoms with Crippen LogP contribution < -0.4 is 5.43 Å². The van der Waals surface area contributed by atoms with Crippen LogP contribution in [0, 0.1) is 11.8 Å². The van der Waals surface area contributed by atoms with Crippen molar-refractivity contribution in [2.75, 3.05) is 32.8 Å². The molecule has 1 heterocycles. The van der Waals surface area contributed by atoms with Gasteiger partial charge in [0.2, 0.25) is 0 Å². The van der Waals surface area contributed by atoms with Crippen molar-refractivity contribution in [3.8, 4) is 0 Å². The fourth-order valence-corrected chi connectivity index (χ4v) is 2.72. The van der Waals surface area contributed by atoms with Crippen LogP contribution in [0.5, 0.6) is 0 Å². The van der Waals surface area contributed by atoms with Crippen LogP contribution >= 0.6 is 0 Å². The lowest BCUT2D eigenvalue weighted by Crippen LogP contribution is -2.47. The Bertz CT molecular complexity index is 180. The van der Waals surface area contributed by atoms with E-state index in [0.29, 0.717) is 0 Å². The molecule has 0 bridgehead atoms. The van der Waals surface area contributed by atoms with Crippen LogP contribution in [0.2, 0.25) is 0 Å². The number of ether oxygens (including phenoxy) is 1. The normalized spacial score (nSPS) is 34.2. The zero-order valence-corrected chi connectivity index (χ0v) is 9.87. The number of morpholine rings is 1. The van der Waals surface area contributed by atoms with Crippen LogP contribution in [0.15, 0.2) is 0 Å². The highest BCUT2D eigenvalue weighted by molar-refractivity contribution is 4.72. The molecule has 1 saturated carbocycles.